The summed E-state index contributed by atoms with van der Waals surface area (Å²) < 4.78 is 29.0. The van der Waals surface area contributed by atoms with E-state index in [9.17, 15) is 13.2 Å². The summed E-state index contributed by atoms with van der Waals surface area (Å²) in [4.78, 5) is 13.6. The molecule has 176 valence electrons. The molecule has 1 amide bonds. The van der Waals surface area contributed by atoms with Crippen molar-refractivity contribution in [3.05, 3.63) is 54.1 Å². The summed E-state index contributed by atoms with van der Waals surface area (Å²) in [6, 6.07) is 14.9. The molecular formula is C27H34N2O3S. The number of benzene rings is 2. The highest BCUT2D eigenvalue weighted by atomic mass is 32.2. The Kier molecular flexibility index (Phi) is 5.86. The molecule has 1 unspecified atom stereocenters. The van der Waals surface area contributed by atoms with Crippen LogP contribution in [0.5, 0.6) is 0 Å². The lowest BCUT2D eigenvalue weighted by molar-refractivity contribution is 0.0837. The van der Waals surface area contributed by atoms with Crippen LogP contribution in [0.25, 0.3) is 11.1 Å². The number of fused-ring (bicyclic) bond motifs is 2. The van der Waals surface area contributed by atoms with Crippen molar-refractivity contribution in [1.29, 1.82) is 0 Å². The molecule has 6 heteroatoms. The minimum atomic E-state index is -3.70. The maximum absolute atomic E-state index is 13.7. The summed E-state index contributed by atoms with van der Waals surface area (Å²) in [6.45, 7) is 5.58. The van der Waals surface area contributed by atoms with Crippen molar-refractivity contribution in [3.63, 3.8) is 0 Å². The minimum absolute atomic E-state index is 0.0747. The van der Waals surface area contributed by atoms with E-state index < -0.39 is 10.0 Å². The zero-order valence-electron chi connectivity index (χ0n) is 19.6. The Balaban J connectivity index is 1.50. The number of hydrogen-bond acceptors (Lipinski definition) is 3. The molecule has 1 saturated heterocycles. The molecule has 3 aliphatic rings. The van der Waals surface area contributed by atoms with E-state index in [1.165, 1.54) is 19.3 Å². The van der Waals surface area contributed by atoms with Crippen LogP contribution in [0.4, 0.5) is 0 Å². The Morgan fingerprint density at radius 1 is 1.00 bits per heavy atom. The Morgan fingerprint density at radius 3 is 2.39 bits per heavy atom. The molecule has 3 atom stereocenters. The summed E-state index contributed by atoms with van der Waals surface area (Å²) in [6.07, 6.45) is 6.40. The summed E-state index contributed by atoms with van der Waals surface area (Å²) >= 11 is 0. The Labute approximate surface area is 197 Å². The Hall–Kier alpha value is -2.18. The van der Waals surface area contributed by atoms with Crippen LogP contribution in [0.1, 0.15) is 62.7 Å². The van der Waals surface area contributed by atoms with E-state index in [-0.39, 0.29) is 22.3 Å². The van der Waals surface area contributed by atoms with Crippen LogP contribution in [0, 0.1) is 17.3 Å². The predicted molar refractivity (Wildman–Crippen MR) is 130 cm³/mol. The van der Waals surface area contributed by atoms with Gasteiger partial charge in [-0.05, 0) is 67.1 Å². The zero-order valence-corrected chi connectivity index (χ0v) is 20.4. The number of hydrogen-bond donors (Lipinski definition) is 1. The molecule has 3 fully saturated rings. The number of rotatable bonds is 5. The summed E-state index contributed by atoms with van der Waals surface area (Å²) in [5.74, 6) is 1.01. The van der Waals surface area contributed by atoms with Gasteiger partial charge in [-0.2, -0.15) is 4.31 Å². The summed E-state index contributed by atoms with van der Waals surface area (Å²) in [5.41, 5.74) is 1.99. The fourth-order valence-electron chi connectivity index (χ4n) is 6.36. The second kappa shape index (κ2) is 8.55. The number of amides is 1. The lowest BCUT2D eigenvalue weighted by Gasteiger charge is -2.38. The molecule has 2 aromatic rings. The molecule has 5 nitrogen and oxygen atoms in total. The third kappa shape index (κ3) is 4.01. The number of nitrogens with zero attached hydrogens (tertiary/aromatic N) is 1. The monoisotopic (exact) mass is 466 g/mol. The second-order valence-electron chi connectivity index (χ2n) is 10.6. The lowest BCUT2D eigenvalue weighted by atomic mass is 9.73. The molecule has 1 aliphatic heterocycles. The van der Waals surface area contributed by atoms with Crippen LogP contribution >= 0.6 is 0 Å². The molecule has 2 saturated carbocycles. The Bertz CT molecular complexity index is 1140. The fourth-order valence-corrected chi connectivity index (χ4v) is 8.12. The van der Waals surface area contributed by atoms with Crippen molar-refractivity contribution < 1.29 is 13.2 Å². The standard InChI is InChI=1S/C27H34N2O3S/c1-27(2)22-13-11-20(17-22)25(27)28-26(30)21-12-14-23(19-9-5-3-6-10-19)24(18-21)33(31,32)29-15-7-4-8-16-29/h3,5-6,9-10,12,14,18,20,22,25H,4,7-8,11,13,15-17H2,1-2H3,(H,28,30)/t20-,22+,25?/m0/s1. The van der Waals surface area contributed by atoms with Gasteiger partial charge in [-0.25, -0.2) is 8.42 Å². The fraction of sp³-hybridized carbons (Fsp3) is 0.519. The minimum Gasteiger partial charge on any atom is -0.348 e. The van der Waals surface area contributed by atoms with Gasteiger partial charge in [0, 0.05) is 30.3 Å². The average Bonchev–Trinajstić information content (AvgIpc) is 3.41. The van der Waals surface area contributed by atoms with E-state index in [0.717, 1.165) is 24.8 Å². The molecule has 2 aliphatic carbocycles. The normalized spacial score (nSPS) is 26.9. The highest BCUT2D eigenvalue weighted by molar-refractivity contribution is 7.89. The predicted octanol–water partition coefficient (Wildman–Crippen LogP) is 5.08. The van der Waals surface area contributed by atoms with Crippen molar-refractivity contribution in [2.45, 2.75) is 63.3 Å². The first-order chi connectivity index (χ1) is 15.8. The van der Waals surface area contributed by atoms with Crippen LogP contribution in [0.15, 0.2) is 53.4 Å². The van der Waals surface area contributed by atoms with Crippen LogP contribution in [-0.2, 0) is 10.0 Å². The maximum Gasteiger partial charge on any atom is 0.251 e. The molecule has 5 rings (SSSR count). The first kappa shape index (κ1) is 22.6. The van der Waals surface area contributed by atoms with Crippen LogP contribution in [0.3, 0.4) is 0 Å². The third-order valence-electron chi connectivity index (χ3n) is 8.35. The third-order valence-corrected chi connectivity index (χ3v) is 10.3. The zero-order chi connectivity index (χ0) is 23.2. The van der Waals surface area contributed by atoms with Gasteiger partial charge in [-0.15, -0.1) is 0 Å². The summed E-state index contributed by atoms with van der Waals surface area (Å²) in [5, 5.41) is 3.29. The van der Waals surface area contributed by atoms with Crippen LogP contribution in [0.2, 0.25) is 0 Å². The molecule has 33 heavy (non-hydrogen) atoms. The van der Waals surface area contributed by atoms with Crippen molar-refractivity contribution in [3.8, 4) is 11.1 Å². The van der Waals surface area contributed by atoms with Gasteiger partial charge >= 0.3 is 0 Å². The van der Waals surface area contributed by atoms with E-state index in [1.807, 2.05) is 30.3 Å². The van der Waals surface area contributed by atoms with E-state index in [4.69, 9.17) is 0 Å². The van der Waals surface area contributed by atoms with Gasteiger partial charge in [0.15, 0.2) is 0 Å². The number of carbonyl (C=O) groups is 1. The molecule has 1 N–H and O–H groups in total. The molecule has 0 radical (unpaired) electrons. The SMILES string of the molecule is CC1(C)C(NC(=O)c2ccc(-c3ccccc3)c(S(=O)(=O)N3CCCCC3)c2)[C@H]2CC[C@@H]1C2. The van der Waals surface area contributed by atoms with Crippen LogP contribution in [-0.4, -0.2) is 37.8 Å². The smallest absolute Gasteiger partial charge is 0.251 e. The molecule has 2 bridgehead atoms. The number of nitrogens with one attached hydrogen (secondary N) is 1. The van der Waals surface area contributed by atoms with Crippen LogP contribution < -0.4 is 5.32 Å². The summed E-state index contributed by atoms with van der Waals surface area (Å²) in [7, 11) is -3.70. The van der Waals surface area contributed by atoms with Gasteiger partial charge in [-0.1, -0.05) is 56.7 Å². The van der Waals surface area contributed by atoms with Gasteiger partial charge in [0.05, 0.1) is 4.90 Å². The van der Waals surface area contributed by atoms with E-state index in [2.05, 4.69) is 19.2 Å². The topological polar surface area (TPSA) is 66.5 Å². The van der Waals surface area contributed by atoms with Crippen molar-refractivity contribution >= 4 is 15.9 Å². The highest BCUT2D eigenvalue weighted by Crippen LogP contribution is 2.55. The van der Waals surface area contributed by atoms with Gasteiger partial charge in [0.2, 0.25) is 10.0 Å². The lowest BCUT2D eigenvalue weighted by Crippen LogP contribution is -2.48. The Morgan fingerprint density at radius 2 is 1.73 bits per heavy atom. The van der Waals surface area contributed by atoms with Crippen molar-refractivity contribution in [2.75, 3.05) is 13.1 Å². The number of sulfonamides is 1. The quantitative estimate of drug-likeness (QED) is 0.668. The van der Waals surface area contributed by atoms with Crippen molar-refractivity contribution in [1.82, 2.24) is 9.62 Å². The second-order valence-corrected chi connectivity index (χ2v) is 12.5. The molecule has 1 heterocycles. The largest absolute Gasteiger partial charge is 0.348 e. The first-order valence-corrected chi connectivity index (χ1v) is 13.7. The van der Waals surface area contributed by atoms with Gasteiger partial charge in [-0.3, -0.25) is 4.79 Å². The van der Waals surface area contributed by atoms with E-state index in [1.54, 1.807) is 22.5 Å². The van der Waals surface area contributed by atoms with Gasteiger partial charge in [0.1, 0.15) is 0 Å². The highest BCUT2D eigenvalue weighted by Gasteiger charge is 2.53. The van der Waals surface area contributed by atoms with E-state index in [0.29, 0.717) is 36.1 Å². The molecular weight excluding hydrogens is 432 g/mol. The number of carbonyl (C=O) groups excluding carboxylic acids is 1. The molecule has 2 aromatic carbocycles. The average molecular weight is 467 g/mol. The number of piperidine rings is 1. The first-order valence-electron chi connectivity index (χ1n) is 12.3. The van der Waals surface area contributed by atoms with E-state index >= 15 is 0 Å². The molecule has 0 aromatic heterocycles. The van der Waals surface area contributed by atoms with Crippen molar-refractivity contribution in [2.24, 2.45) is 17.3 Å². The van der Waals surface area contributed by atoms with Gasteiger partial charge < -0.3 is 5.32 Å². The molecule has 0 spiro atoms. The van der Waals surface area contributed by atoms with Gasteiger partial charge in [0.25, 0.3) is 5.91 Å². The maximum atomic E-state index is 13.7.